The lowest BCUT2D eigenvalue weighted by atomic mass is 10.0. The lowest BCUT2D eigenvalue weighted by Crippen LogP contribution is -2.48. The molecule has 0 aliphatic rings. The first-order chi connectivity index (χ1) is 13.2. The molecule has 1 N–H and O–H groups in total. The zero-order chi connectivity index (χ0) is 20.7. The Labute approximate surface area is 172 Å². The Bertz CT molecular complexity index is 793. The molecule has 0 spiro atoms. The third kappa shape index (κ3) is 6.68. The number of carbonyl (C=O) groups excluding carboxylic acids is 1. The van der Waals surface area contributed by atoms with Crippen LogP contribution in [0.5, 0.6) is 5.75 Å². The predicted molar refractivity (Wildman–Crippen MR) is 116 cm³/mol. The summed E-state index contributed by atoms with van der Waals surface area (Å²) in [6.07, 6.45) is 1.72. The van der Waals surface area contributed by atoms with Crippen LogP contribution in [0.4, 0.5) is 4.79 Å². The van der Waals surface area contributed by atoms with Crippen LogP contribution in [0, 0.1) is 0 Å². The van der Waals surface area contributed by atoms with E-state index in [1.165, 1.54) is 5.56 Å². The van der Waals surface area contributed by atoms with E-state index in [4.69, 9.17) is 4.74 Å². The summed E-state index contributed by atoms with van der Waals surface area (Å²) in [5.74, 6) is 1.30. The van der Waals surface area contributed by atoms with E-state index in [0.29, 0.717) is 25.6 Å². The fourth-order valence-corrected chi connectivity index (χ4v) is 3.38. The van der Waals surface area contributed by atoms with Gasteiger partial charge in [0.05, 0.1) is 12.2 Å². The van der Waals surface area contributed by atoms with Crippen LogP contribution in [0.1, 0.15) is 56.8 Å². The Morgan fingerprint density at radius 2 is 2.07 bits per heavy atom. The van der Waals surface area contributed by atoms with E-state index in [-0.39, 0.29) is 11.6 Å². The van der Waals surface area contributed by atoms with Crippen molar-refractivity contribution in [3.05, 3.63) is 58.6 Å². The van der Waals surface area contributed by atoms with Crippen molar-refractivity contribution in [2.45, 2.75) is 59.2 Å². The average molecular weight is 402 g/mol. The number of urea groups is 1. The number of benzene rings is 1. The summed E-state index contributed by atoms with van der Waals surface area (Å²) in [4.78, 5) is 18.8. The second kappa shape index (κ2) is 9.73. The van der Waals surface area contributed by atoms with Crippen molar-refractivity contribution in [1.82, 2.24) is 15.2 Å². The molecule has 152 valence electrons. The summed E-state index contributed by atoms with van der Waals surface area (Å²) in [5, 5.41) is 5.86. The van der Waals surface area contributed by atoms with Gasteiger partial charge in [-0.05, 0) is 38.3 Å². The van der Waals surface area contributed by atoms with Gasteiger partial charge >= 0.3 is 6.03 Å². The summed E-state index contributed by atoms with van der Waals surface area (Å²) in [6.45, 7) is 15.3. The molecule has 6 heteroatoms. The molecule has 1 heterocycles. The van der Waals surface area contributed by atoms with E-state index in [9.17, 15) is 4.79 Å². The van der Waals surface area contributed by atoms with Crippen LogP contribution >= 0.6 is 11.3 Å². The molecule has 2 aromatic rings. The van der Waals surface area contributed by atoms with E-state index in [1.54, 1.807) is 22.3 Å². The molecule has 2 rings (SSSR count). The first-order valence-electron chi connectivity index (χ1n) is 9.52. The van der Waals surface area contributed by atoms with E-state index >= 15 is 0 Å². The highest BCUT2D eigenvalue weighted by molar-refractivity contribution is 7.09. The van der Waals surface area contributed by atoms with Gasteiger partial charge in [0, 0.05) is 17.5 Å². The number of carbonyl (C=O) groups is 1. The minimum absolute atomic E-state index is 0.121. The third-order valence-corrected chi connectivity index (χ3v) is 4.83. The van der Waals surface area contributed by atoms with Gasteiger partial charge in [0.1, 0.15) is 17.4 Å². The van der Waals surface area contributed by atoms with Gasteiger partial charge in [-0.15, -0.1) is 17.9 Å². The monoisotopic (exact) mass is 401 g/mol. The van der Waals surface area contributed by atoms with Crippen LogP contribution in [0.25, 0.3) is 0 Å². The van der Waals surface area contributed by atoms with Gasteiger partial charge in [0.25, 0.3) is 0 Å². The number of amides is 2. The SMILES string of the molecule is C=CCN(Cc1csc(COc2ccccc2C(C)C)n1)C(=O)NC(C)(C)C. The molecule has 5 nitrogen and oxygen atoms in total. The normalized spacial score (nSPS) is 11.4. The molecule has 0 unspecified atom stereocenters. The van der Waals surface area contributed by atoms with Crippen molar-refractivity contribution in [3.8, 4) is 5.75 Å². The van der Waals surface area contributed by atoms with Crippen molar-refractivity contribution < 1.29 is 9.53 Å². The number of thiazole rings is 1. The summed E-state index contributed by atoms with van der Waals surface area (Å²) >= 11 is 1.55. The summed E-state index contributed by atoms with van der Waals surface area (Å²) < 4.78 is 6.00. The van der Waals surface area contributed by atoms with E-state index in [1.807, 2.05) is 44.4 Å². The second-order valence-corrected chi connectivity index (χ2v) is 9.01. The molecule has 0 radical (unpaired) electrons. The molecule has 28 heavy (non-hydrogen) atoms. The molecule has 1 aromatic carbocycles. The highest BCUT2D eigenvalue weighted by atomic mass is 32.1. The highest BCUT2D eigenvalue weighted by Gasteiger charge is 2.20. The lowest BCUT2D eigenvalue weighted by Gasteiger charge is -2.27. The molecular weight excluding hydrogens is 370 g/mol. The number of nitrogens with one attached hydrogen (secondary N) is 1. The quantitative estimate of drug-likeness (QED) is 0.607. The maximum Gasteiger partial charge on any atom is 0.318 e. The van der Waals surface area contributed by atoms with Crippen molar-refractivity contribution in [1.29, 1.82) is 0 Å². The van der Waals surface area contributed by atoms with Gasteiger partial charge in [-0.3, -0.25) is 0 Å². The first-order valence-corrected chi connectivity index (χ1v) is 10.4. The molecule has 0 aliphatic carbocycles. The summed E-state index contributed by atoms with van der Waals surface area (Å²) in [5.41, 5.74) is 1.75. The number of ether oxygens (including phenoxy) is 1. The van der Waals surface area contributed by atoms with Crippen LogP contribution in [-0.4, -0.2) is 28.0 Å². The number of hydrogen-bond acceptors (Lipinski definition) is 4. The Balaban J connectivity index is 2.01. The van der Waals surface area contributed by atoms with Crippen molar-refractivity contribution in [2.24, 2.45) is 0 Å². The first kappa shape index (κ1) is 22.0. The molecular formula is C22H31N3O2S. The fraction of sp³-hybridized carbons (Fsp3) is 0.455. The average Bonchev–Trinajstić information content (AvgIpc) is 3.06. The maximum absolute atomic E-state index is 12.5. The van der Waals surface area contributed by atoms with Crippen LogP contribution in [0.15, 0.2) is 42.3 Å². The number of para-hydroxylation sites is 1. The van der Waals surface area contributed by atoms with Gasteiger partial charge < -0.3 is 15.0 Å². The smallest absolute Gasteiger partial charge is 0.318 e. The number of nitrogens with zero attached hydrogens (tertiary/aromatic N) is 2. The van der Waals surface area contributed by atoms with Crippen LogP contribution < -0.4 is 10.1 Å². The molecule has 1 aromatic heterocycles. The Hall–Kier alpha value is -2.34. The highest BCUT2D eigenvalue weighted by Crippen LogP contribution is 2.27. The minimum atomic E-state index is -0.290. The van der Waals surface area contributed by atoms with E-state index in [0.717, 1.165) is 16.5 Å². The number of hydrogen-bond donors (Lipinski definition) is 1. The van der Waals surface area contributed by atoms with Crippen molar-refractivity contribution in [3.63, 3.8) is 0 Å². The van der Waals surface area contributed by atoms with Gasteiger partial charge in [0.15, 0.2) is 0 Å². The second-order valence-electron chi connectivity index (χ2n) is 8.06. The topological polar surface area (TPSA) is 54.5 Å². The molecule has 0 saturated carbocycles. The van der Waals surface area contributed by atoms with Gasteiger partial charge in [0.2, 0.25) is 0 Å². The minimum Gasteiger partial charge on any atom is -0.486 e. The molecule has 0 aliphatic heterocycles. The van der Waals surface area contributed by atoms with Crippen molar-refractivity contribution >= 4 is 17.4 Å². The van der Waals surface area contributed by atoms with Crippen LogP contribution in [0.3, 0.4) is 0 Å². The Kier molecular flexibility index (Phi) is 7.63. The van der Waals surface area contributed by atoms with Crippen LogP contribution in [-0.2, 0) is 13.2 Å². The van der Waals surface area contributed by atoms with E-state index in [2.05, 4.69) is 36.8 Å². The molecule has 2 amide bonds. The lowest BCUT2D eigenvalue weighted by molar-refractivity contribution is 0.191. The number of rotatable bonds is 8. The van der Waals surface area contributed by atoms with E-state index < -0.39 is 0 Å². The molecule has 0 fully saturated rings. The fourth-order valence-electron chi connectivity index (χ4n) is 2.69. The summed E-state index contributed by atoms with van der Waals surface area (Å²) in [7, 11) is 0. The summed E-state index contributed by atoms with van der Waals surface area (Å²) in [6, 6.07) is 7.97. The standard InChI is InChI=1S/C22H31N3O2S/c1-7-12-25(21(26)24-22(4,5)6)13-17-15-28-20(23-17)14-27-19-11-9-8-10-18(19)16(2)3/h7-11,15-16H,1,12-14H2,2-6H3,(H,24,26). The Morgan fingerprint density at radius 1 is 1.36 bits per heavy atom. The largest absolute Gasteiger partial charge is 0.486 e. The van der Waals surface area contributed by atoms with Gasteiger partial charge in [-0.25, -0.2) is 9.78 Å². The predicted octanol–water partition coefficient (Wildman–Crippen LogP) is 5.34. The zero-order valence-electron chi connectivity index (χ0n) is 17.5. The third-order valence-electron chi connectivity index (χ3n) is 3.96. The molecule has 0 saturated heterocycles. The maximum atomic E-state index is 12.5. The van der Waals surface area contributed by atoms with Gasteiger partial charge in [-0.1, -0.05) is 38.1 Å². The van der Waals surface area contributed by atoms with Crippen molar-refractivity contribution in [2.75, 3.05) is 6.54 Å². The number of aromatic nitrogens is 1. The van der Waals surface area contributed by atoms with Crippen LogP contribution in [0.2, 0.25) is 0 Å². The molecule has 0 bridgehead atoms. The molecule has 0 atom stereocenters. The Morgan fingerprint density at radius 3 is 2.71 bits per heavy atom. The van der Waals surface area contributed by atoms with Gasteiger partial charge in [-0.2, -0.15) is 0 Å². The zero-order valence-corrected chi connectivity index (χ0v) is 18.3.